The third-order valence-electron chi connectivity index (χ3n) is 2.47. The summed E-state index contributed by atoms with van der Waals surface area (Å²) in [6, 6.07) is 3.41. The van der Waals surface area contributed by atoms with E-state index in [1.54, 1.807) is 0 Å². The average Bonchev–Trinajstić information content (AvgIpc) is 2.38. The monoisotopic (exact) mass is 286 g/mol. The van der Waals surface area contributed by atoms with Crippen molar-refractivity contribution >= 4 is 5.82 Å². The molecular weight excluding hydrogens is 276 g/mol. The lowest BCUT2D eigenvalue weighted by molar-refractivity contribution is -0.137. The molecule has 0 unspecified atom stereocenters. The van der Waals surface area contributed by atoms with Crippen molar-refractivity contribution in [1.82, 2.24) is 15.0 Å². The molecule has 0 spiro atoms. The van der Waals surface area contributed by atoms with Crippen molar-refractivity contribution in [2.45, 2.75) is 12.6 Å². The van der Waals surface area contributed by atoms with Gasteiger partial charge in [-0.1, -0.05) is 0 Å². The van der Waals surface area contributed by atoms with E-state index in [4.69, 9.17) is 0 Å². The third-order valence-corrected chi connectivity index (χ3v) is 2.47. The van der Waals surface area contributed by atoms with Crippen LogP contribution in [0.15, 0.2) is 30.7 Å². The van der Waals surface area contributed by atoms with Gasteiger partial charge < -0.3 is 5.32 Å². The van der Waals surface area contributed by atoms with Crippen LogP contribution < -0.4 is 5.32 Å². The van der Waals surface area contributed by atoms with E-state index in [0.717, 1.165) is 24.7 Å². The summed E-state index contributed by atoms with van der Waals surface area (Å²) in [5.41, 5.74) is -0.285. The van der Waals surface area contributed by atoms with Crippen LogP contribution in [0.25, 0.3) is 0 Å². The van der Waals surface area contributed by atoms with Gasteiger partial charge in [0.15, 0.2) is 0 Å². The first kappa shape index (κ1) is 14.2. The molecule has 4 nitrogen and oxygen atoms in total. The Morgan fingerprint density at radius 1 is 1.10 bits per heavy atom. The largest absolute Gasteiger partial charge is 0.417 e. The van der Waals surface area contributed by atoms with Gasteiger partial charge in [0.05, 0.1) is 5.56 Å². The van der Waals surface area contributed by atoms with E-state index in [0.29, 0.717) is 24.5 Å². The first-order chi connectivity index (χ1) is 9.45. The highest BCUT2D eigenvalue weighted by Crippen LogP contribution is 2.28. The van der Waals surface area contributed by atoms with Gasteiger partial charge in [-0.3, -0.25) is 4.98 Å². The molecule has 2 rings (SSSR count). The Labute approximate surface area is 111 Å². The summed E-state index contributed by atoms with van der Waals surface area (Å²) in [6.45, 7) is 0.370. The van der Waals surface area contributed by atoms with Gasteiger partial charge in [0.2, 0.25) is 5.95 Å². The molecule has 0 bridgehead atoms. The van der Waals surface area contributed by atoms with Gasteiger partial charge in [-0.2, -0.15) is 17.6 Å². The van der Waals surface area contributed by atoms with E-state index < -0.39 is 17.7 Å². The topological polar surface area (TPSA) is 50.7 Å². The van der Waals surface area contributed by atoms with Gasteiger partial charge in [0.1, 0.15) is 12.1 Å². The Balaban J connectivity index is 1.88. The van der Waals surface area contributed by atoms with Gasteiger partial charge in [-0.15, -0.1) is 0 Å². The van der Waals surface area contributed by atoms with Gasteiger partial charge in [-0.25, -0.2) is 9.97 Å². The second kappa shape index (κ2) is 5.81. The molecule has 106 valence electrons. The normalized spacial score (nSPS) is 11.4. The van der Waals surface area contributed by atoms with Crippen LogP contribution in [0.1, 0.15) is 11.3 Å². The minimum absolute atomic E-state index is 0.310. The molecule has 8 heteroatoms. The number of halogens is 4. The number of aromatic nitrogens is 3. The maximum absolute atomic E-state index is 12.8. The van der Waals surface area contributed by atoms with E-state index in [2.05, 4.69) is 20.3 Å². The predicted octanol–water partition coefficient (Wildman–Crippen LogP) is 2.68. The Morgan fingerprint density at radius 2 is 1.90 bits per heavy atom. The number of nitrogens with zero attached hydrogens (tertiary/aromatic N) is 3. The minimum Gasteiger partial charge on any atom is -0.369 e. The Kier molecular flexibility index (Phi) is 4.11. The summed E-state index contributed by atoms with van der Waals surface area (Å²) in [5.74, 6) is -0.348. The number of hydrogen-bond acceptors (Lipinski definition) is 4. The summed E-state index contributed by atoms with van der Waals surface area (Å²) >= 11 is 0. The second-order valence-corrected chi connectivity index (χ2v) is 3.94. The quantitative estimate of drug-likeness (QED) is 0.693. The lowest BCUT2D eigenvalue weighted by Crippen LogP contribution is -2.09. The number of hydrogen-bond donors (Lipinski definition) is 1. The van der Waals surface area contributed by atoms with Crippen molar-refractivity contribution in [3.8, 4) is 0 Å². The lowest BCUT2D eigenvalue weighted by Gasteiger charge is -2.07. The number of nitrogens with one attached hydrogen (secondary N) is 1. The predicted molar refractivity (Wildman–Crippen MR) is 63.4 cm³/mol. The van der Waals surface area contributed by atoms with Gasteiger partial charge in [-0.05, 0) is 12.1 Å². The van der Waals surface area contributed by atoms with E-state index in [9.17, 15) is 17.6 Å². The van der Waals surface area contributed by atoms with Crippen LogP contribution in [-0.4, -0.2) is 21.5 Å². The van der Waals surface area contributed by atoms with Gasteiger partial charge >= 0.3 is 6.18 Å². The molecule has 0 aliphatic rings. The standard InChI is InChI=1S/C12H10F4N4/c13-10-5-11(20-7-19-10)17-4-3-9-2-1-8(6-18-9)12(14,15)16/h1-2,5-7H,3-4H2,(H,17,19,20). The van der Waals surface area contributed by atoms with E-state index in [1.807, 2.05) is 0 Å². The molecule has 0 radical (unpaired) electrons. The summed E-state index contributed by atoms with van der Waals surface area (Å²) < 4.78 is 49.7. The molecule has 2 heterocycles. The highest BCUT2D eigenvalue weighted by Gasteiger charge is 2.30. The summed E-state index contributed by atoms with van der Waals surface area (Å²) in [5, 5.41) is 2.83. The molecule has 2 aromatic heterocycles. The molecule has 0 aliphatic carbocycles. The summed E-state index contributed by atoms with van der Waals surface area (Å²) in [7, 11) is 0. The zero-order chi connectivity index (χ0) is 14.6. The van der Waals surface area contributed by atoms with E-state index in [1.165, 1.54) is 6.07 Å². The molecule has 0 aromatic carbocycles. The SMILES string of the molecule is Fc1cc(NCCc2ccc(C(F)(F)F)cn2)ncn1. The molecule has 0 fully saturated rings. The zero-order valence-electron chi connectivity index (χ0n) is 10.2. The van der Waals surface area contributed by atoms with E-state index in [-0.39, 0.29) is 0 Å². The fourth-order valence-electron chi connectivity index (χ4n) is 1.49. The van der Waals surface area contributed by atoms with Crippen LogP contribution in [0.3, 0.4) is 0 Å². The first-order valence-electron chi connectivity index (χ1n) is 5.69. The Hall–Kier alpha value is -2.25. The molecule has 0 aliphatic heterocycles. The third kappa shape index (κ3) is 3.87. The van der Waals surface area contributed by atoms with Gasteiger partial charge in [0, 0.05) is 30.9 Å². The van der Waals surface area contributed by atoms with Crippen LogP contribution >= 0.6 is 0 Å². The van der Waals surface area contributed by atoms with Crippen LogP contribution in [0.5, 0.6) is 0 Å². The van der Waals surface area contributed by atoms with Crippen LogP contribution in [0, 0.1) is 5.95 Å². The second-order valence-electron chi connectivity index (χ2n) is 3.94. The molecule has 0 saturated carbocycles. The average molecular weight is 286 g/mol. The molecule has 0 atom stereocenters. The van der Waals surface area contributed by atoms with Crippen LogP contribution in [-0.2, 0) is 12.6 Å². The van der Waals surface area contributed by atoms with Crippen molar-refractivity contribution in [3.05, 3.63) is 47.9 Å². The molecule has 2 aromatic rings. The maximum atomic E-state index is 12.8. The molecule has 0 saturated heterocycles. The Morgan fingerprint density at radius 3 is 2.50 bits per heavy atom. The number of anilines is 1. The van der Waals surface area contributed by atoms with Crippen molar-refractivity contribution in [2.24, 2.45) is 0 Å². The summed E-state index contributed by atoms with van der Waals surface area (Å²) in [4.78, 5) is 10.8. The van der Waals surface area contributed by atoms with Crippen molar-refractivity contribution in [2.75, 3.05) is 11.9 Å². The van der Waals surface area contributed by atoms with Gasteiger partial charge in [0.25, 0.3) is 0 Å². The smallest absolute Gasteiger partial charge is 0.369 e. The zero-order valence-corrected chi connectivity index (χ0v) is 10.2. The first-order valence-corrected chi connectivity index (χ1v) is 5.69. The molecular formula is C12H10F4N4. The Bertz CT molecular complexity index is 568. The van der Waals surface area contributed by atoms with E-state index >= 15 is 0 Å². The minimum atomic E-state index is -4.39. The van der Waals surface area contributed by atoms with Crippen molar-refractivity contribution in [3.63, 3.8) is 0 Å². The number of alkyl halides is 3. The van der Waals surface area contributed by atoms with Crippen LogP contribution in [0.4, 0.5) is 23.4 Å². The highest BCUT2D eigenvalue weighted by molar-refractivity contribution is 5.32. The molecule has 1 N–H and O–H groups in total. The number of pyridine rings is 1. The lowest BCUT2D eigenvalue weighted by atomic mass is 10.2. The fraction of sp³-hybridized carbons (Fsp3) is 0.250. The van der Waals surface area contributed by atoms with Crippen molar-refractivity contribution in [1.29, 1.82) is 0 Å². The van der Waals surface area contributed by atoms with Crippen LogP contribution in [0.2, 0.25) is 0 Å². The fourth-order valence-corrected chi connectivity index (χ4v) is 1.49. The van der Waals surface area contributed by atoms with Crippen molar-refractivity contribution < 1.29 is 17.6 Å². The molecule has 0 amide bonds. The summed E-state index contributed by atoms with van der Waals surface area (Å²) in [6.07, 6.45) is -2.13. The maximum Gasteiger partial charge on any atom is 0.417 e. The molecule has 20 heavy (non-hydrogen) atoms. The highest BCUT2D eigenvalue weighted by atomic mass is 19.4. The number of rotatable bonds is 4.